The molecule has 0 aromatic heterocycles. The van der Waals surface area contributed by atoms with Crippen LogP contribution in [-0.4, -0.2) is 5.78 Å². The van der Waals surface area contributed by atoms with E-state index in [0.29, 0.717) is 11.1 Å². The number of Topliss-reactive ketones (excluding diaryl/α,β-unsaturated/α-hetero) is 1. The Morgan fingerprint density at radius 3 is 2.15 bits per heavy atom. The minimum atomic E-state index is -0.137. The van der Waals surface area contributed by atoms with E-state index in [2.05, 4.69) is 6.07 Å². The molecule has 0 saturated heterocycles. The summed E-state index contributed by atoms with van der Waals surface area (Å²) in [5.41, 5.74) is 1.08. The summed E-state index contributed by atoms with van der Waals surface area (Å²) < 4.78 is 0. The predicted molar refractivity (Wildman–Crippen MR) is 76.1 cm³/mol. The number of rotatable bonds is 2. The Bertz CT molecular complexity index is 575. The lowest BCUT2D eigenvalue weighted by Crippen LogP contribution is -2.50. The van der Waals surface area contributed by atoms with Gasteiger partial charge in [0.05, 0.1) is 11.6 Å². The number of hydrogen-bond acceptors (Lipinski definition) is 2. The Morgan fingerprint density at radius 2 is 1.60 bits per heavy atom. The fourth-order valence-electron chi connectivity index (χ4n) is 5.45. The van der Waals surface area contributed by atoms with E-state index in [9.17, 15) is 10.1 Å². The van der Waals surface area contributed by atoms with Gasteiger partial charge in [0.25, 0.3) is 0 Å². The SMILES string of the molecule is N#Cc1ccccc1C(=O)C12CC3CC(CC(C3)C1)C2. The quantitative estimate of drug-likeness (QED) is 0.759. The van der Waals surface area contributed by atoms with Crippen molar-refractivity contribution < 1.29 is 4.79 Å². The monoisotopic (exact) mass is 265 g/mol. The van der Waals surface area contributed by atoms with Crippen molar-refractivity contribution in [3.8, 4) is 6.07 Å². The number of nitriles is 1. The molecule has 102 valence electrons. The van der Waals surface area contributed by atoms with Crippen LogP contribution in [0.15, 0.2) is 24.3 Å². The summed E-state index contributed by atoms with van der Waals surface area (Å²) in [6.07, 6.45) is 7.22. The predicted octanol–water partition coefficient (Wildman–Crippen LogP) is 3.96. The van der Waals surface area contributed by atoms with Gasteiger partial charge in [0, 0.05) is 11.0 Å². The molecule has 5 rings (SSSR count). The van der Waals surface area contributed by atoms with Crippen LogP contribution < -0.4 is 0 Å². The van der Waals surface area contributed by atoms with Gasteiger partial charge in [-0.05, 0) is 62.3 Å². The maximum atomic E-state index is 13.1. The van der Waals surface area contributed by atoms with E-state index in [-0.39, 0.29) is 11.2 Å². The highest BCUT2D eigenvalue weighted by Gasteiger charge is 2.54. The summed E-state index contributed by atoms with van der Waals surface area (Å²) in [5, 5.41) is 9.25. The van der Waals surface area contributed by atoms with Gasteiger partial charge in [0.15, 0.2) is 5.78 Å². The van der Waals surface area contributed by atoms with E-state index in [4.69, 9.17) is 0 Å². The van der Waals surface area contributed by atoms with Gasteiger partial charge in [0.1, 0.15) is 0 Å². The molecule has 4 aliphatic rings. The molecule has 1 aromatic rings. The van der Waals surface area contributed by atoms with E-state index in [1.807, 2.05) is 18.2 Å². The van der Waals surface area contributed by atoms with Gasteiger partial charge in [0.2, 0.25) is 0 Å². The first-order valence-electron chi connectivity index (χ1n) is 7.74. The van der Waals surface area contributed by atoms with Crippen molar-refractivity contribution in [1.29, 1.82) is 5.26 Å². The molecule has 0 amide bonds. The minimum Gasteiger partial charge on any atom is -0.294 e. The number of ketones is 1. The zero-order chi connectivity index (χ0) is 13.7. The third kappa shape index (κ3) is 1.66. The third-order valence-electron chi connectivity index (χ3n) is 5.81. The van der Waals surface area contributed by atoms with Crippen molar-refractivity contribution in [3.63, 3.8) is 0 Å². The molecule has 4 aliphatic carbocycles. The van der Waals surface area contributed by atoms with Crippen LogP contribution in [0.25, 0.3) is 0 Å². The highest BCUT2D eigenvalue weighted by Crippen LogP contribution is 2.61. The van der Waals surface area contributed by atoms with Crippen LogP contribution in [0, 0.1) is 34.5 Å². The van der Waals surface area contributed by atoms with E-state index in [1.165, 1.54) is 19.3 Å². The lowest BCUT2D eigenvalue weighted by atomic mass is 9.48. The number of hydrogen-bond donors (Lipinski definition) is 0. The van der Waals surface area contributed by atoms with Gasteiger partial charge in [-0.3, -0.25) is 4.79 Å². The molecule has 4 saturated carbocycles. The third-order valence-corrected chi connectivity index (χ3v) is 5.81. The lowest BCUT2D eigenvalue weighted by molar-refractivity contribution is -0.0353. The Hall–Kier alpha value is -1.62. The average Bonchev–Trinajstić information content (AvgIpc) is 2.45. The Balaban J connectivity index is 1.74. The molecule has 1 aromatic carbocycles. The van der Waals surface area contributed by atoms with Crippen LogP contribution in [0.2, 0.25) is 0 Å². The lowest BCUT2D eigenvalue weighted by Gasteiger charge is -2.56. The van der Waals surface area contributed by atoms with E-state index in [1.54, 1.807) is 6.07 Å². The summed E-state index contributed by atoms with van der Waals surface area (Å²) in [6, 6.07) is 9.53. The second-order valence-corrected chi connectivity index (χ2v) is 7.18. The van der Waals surface area contributed by atoms with Gasteiger partial charge < -0.3 is 0 Å². The number of carbonyl (C=O) groups is 1. The molecule has 20 heavy (non-hydrogen) atoms. The Morgan fingerprint density at radius 1 is 1.05 bits per heavy atom. The zero-order valence-electron chi connectivity index (χ0n) is 11.6. The summed E-state index contributed by atoms with van der Waals surface area (Å²) in [4.78, 5) is 13.1. The molecule has 2 nitrogen and oxygen atoms in total. The van der Waals surface area contributed by atoms with Gasteiger partial charge in [-0.1, -0.05) is 18.2 Å². The van der Waals surface area contributed by atoms with Gasteiger partial charge in [-0.25, -0.2) is 0 Å². The molecule has 0 heterocycles. The highest BCUT2D eigenvalue weighted by molar-refractivity contribution is 6.02. The Labute approximate surface area is 119 Å². The normalized spacial score (nSPS) is 37.6. The summed E-state index contributed by atoms with van der Waals surface area (Å²) in [5.74, 6) is 2.55. The van der Waals surface area contributed by atoms with Crippen LogP contribution in [0.4, 0.5) is 0 Å². The maximum Gasteiger partial charge on any atom is 0.170 e. The van der Waals surface area contributed by atoms with Gasteiger partial charge in [-0.2, -0.15) is 5.26 Å². The topological polar surface area (TPSA) is 40.9 Å². The first-order chi connectivity index (χ1) is 9.70. The number of carbonyl (C=O) groups excluding carboxylic acids is 1. The van der Waals surface area contributed by atoms with Crippen LogP contribution in [-0.2, 0) is 0 Å². The molecule has 4 fully saturated rings. The molecule has 0 atom stereocenters. The Kier molecular flexibility index (Phi) is 2.54. The van der Waals surface area contributed by atoms with E-state index < -0.39 is 0 Å². The second kappa shape index (κ2) is 4.19. The summed E-state index contributed by atoms with van der Waals surface area (Å²) in [7, 11) is 0. The van der Waals surface area contributed by atoms with Gasteiger partial charge in [-0.15, -0.1) is 0 Å². The van der Waals surface area contributed by atoms with Crippen LogP contribution in [0.3, 0.4) is 0 Å². The van der Waals surface area contributed by atoms with Crippen molar-refractivity contribution in [2.24, 2.45) is 23.2 Å². The molecule has 4 bridgehead atoms. The molecule has 0 unspecified atom stereocenters. The van der Waals surface area contributed by atoms with Crippen molar-refractivity contribution in [2.45, 2.75) is 38.5 Å². The molecule has 0 aliphatic heterocycles. The fraction of sp³-hybridized carbons (Fsp3) is 0.556. The maximum absolute atomic E-state index is 13.1. The summed E-state index contributed by atoms with van der Waals surface area (Å²) >= 11 is 0. The van der Waals surface area contributed by atoms with Crippen molar-refractivity contribution in [2.75, 3.05) is 0 Å². The molecular formula is C18H19NO. The van der Waals surface area contributed by atoms with Crippen LogP contribution in [0.1, 0.15) is 54.4 Å². The molecule has 0 N–H and O–H groups in total. The number of nitrogens with zero attached hydrogens (tertiary/aromatic N) is 1. The van der Waals surface area contributed by atoms with Gasteiger partial charge >= 0.3 is 0 Å². The fourth-order valence-corrected chi connectivity index (χ4v) is 5.45. The molecular weight excluding hydrogens is 246 g/mol. The number of benzene rings is 1. The standard InChI is InChI=1S/C18H19NO/c19-11-15-3-1-2-4-16(15)17(20)18-8-12-5-13(9-18)7-14(6-12)10-18/h1-4,12-14H,5-10H2. The average molecular weight is 265 g/mol. The molecule has 2 heteroatoms. The largest absolute Gasteiger partial charge is 0.294 e. The second-order valence-electron chi connectivity index (χ2n) is 7.18. The van der Waals surface area contributed by atoms with Crippen LogP contribution in [0.5, 0.6) is 0 Å². The minimum absolute atomic E-state index is 0.137. The van der Waals surface area contributed by atoms with Crippen LogP contribution >= 0.6 is 0 Å². The van der Waals surface area contributed by atoms with E-state index in [0.717, 1.165) is 37.0 Å². The summed E-state index contributed by atoms with van der Waals surface area (Å²) in [6.45, 7) is 0. The van der Waals surface area contributed by atoms with E-state index >= 15 is 0 Å². The first kappa shape index (κ1) is 12.1. The molecule has 0 spiro atoms. The first-order valence-corrected chi connectivity index (χ1v) is 7.74. The van der Waals surface area contributed by atoms with Crippen molar-refractivity contribution in [1.82, 2.24) is 0 Å². The van der Waals surface area contributed by atoms with Crippen molar-refractivity contribution >= 4 is 5.78 Å². The van der Waals surface area contributed by atoms with Crippen molar-refractivity contribution in [3.05, 3.63) is 35.4 Å². The molecule has 0 radical (unpaired) electrons. The highest BCUT2D eigenvalue weighted by atomic mass is 16.1. The zero-order valence-corrected chi connectivity index (χ0v) is 11.6. The smallest absolute Gasteiger partial charge is 0.170 e.